The molecule has 0 saturated carbocycles. The monoisotopic (exact) mass is 276 g/mol. The molecule has 0 amide bonds. The lowest BCUT2D eigenvalue weighted by Gasteiger charge is -2.07. The first-order valence-corrected chi connectivity index (χ1v) is 6.26. The second-order valence-electron chi connectivity index (χ2n) is 3.40. The quantitative estimate of drug-likeness (QED) is 0.601. The number of phenols is 1. The third-order valence-corrected chi connectivity index (χ3v) is 2.31. The maximum absolute atomic E-state index is 10.5. The van der Waals surface area contributed by atoms with Gasteiger partial charge in [-0.3, -0.25) is 9.35 Å². The Morgan fingerprint density at radius 3 is 2.61 bits per heavy atom. The van der Waals surface area contributed by atoms with Crippen molar-refractivity contribution in [3.8, 4) is 11.5 Å². The van der Waals surface area contributed by atoms with Gasteiger partial charge < -0.3 is 14.0 Å². The number of benzene rings is 1. The first-order chi connectivity index (χ1) is 8.28. The van der Waals surface area contributed by atoms with E-state index >= 15 is 0 Å². The lowest BCUT2D eigenvalue weighted by atomic mass is 10.1. The van der Waals surface area contributed by atoms with Crippen molar-refractivity contribution in [1.82, 2.24) is 0 Å². The minimum Gasteiger partial charge on any atom is -0.504 e. The second-order valence-corrected chi connectivity index (χ2v) is 4.43. The summed E-state index contributed by atoms with van der Waals surface area (Å²) in [7, 11) is -4.70. The molecule has 0 spiro atoms. The fraction of sp³-hybridized carbons (Fsp3) is 0.300. The summed E-state index contributed by atoms with van der Waals surface area (Å²) in [6, 6.07) is 3.95. The standard InChI is InChI=1S/C10H12O7S/c1-7(11)16-5-4-8-2-3-9(12)10(6-8)17-18(13,14)15/h2-3,6,12H,4-5H2,1H3,(H,13,14,15). The summed E-state index contributed by atoms with van der Waals surface area (Å²) in [5.74, 6) is -1.25. The first-order valence-electron chi connectivity index (χ1n) is 4.90. The van der Waals surface area contributed by atoms with Crippen LogP contribution in [-0.4, -0.2) is 30.7 Å². The maximum atomic E-state index is 10.5. The van der Waals surface area contributed by atoms with E-state index in [2.05, 4.69) is 4.18 Å². The van der Waals surface area contributed by atoms with Gasteiger partial charge in [-0.15, -0.1) is 0 Å². The zero-order valence-corrected chi connectivity index (χ0v) is 10.3. The topological polar surface area (TPSA) is 110 Å². The highest BCUT2D eigenvalue weighted by Crippen LogP contribution is 2.28. The van der Waals surface area contributed by atoms with Crippen molar-refractivity contribution in [2.75, 3.05) is 6.61 Å². The number of phenolic OH excluding ortho intramolecular Hbond substituents is 1. The molecule has 0 aliphatic heterocycles. The van der Waals surface area contributed by atoms with E-state index in [1.165, 1.54) is 25.1 Å². The Labute approximate surface area is 104 Å². The van der Waals surface area contributed by atoms with Gasteiger partial charge in [-0.1, -0.05) is 6.07 Å². The lowest BCUT2D eigenvalue weighted by Crippen LogP contribution is -2.07. The van der Waals surface area contributed by atoms with Crippen LogP contribution in [0.15, 0.2) is 18.2 Å². The van der Waals surface area contributed by atoms with Gasteiger partial charge in [0.15, 0.2) is 11.5 Å². The number of rotatable bonds is 5. The Balaban J connectivity index is 2.77. The number of carbonyl (C=O) groups excluding carboxylic acids is 1. The molecule has 1 rings (SSSR count). The van der Waals surface area contributed by atoms with Gasteiger partial charge in [0.1, 0.15) is 0 Å². The largest absolute Gasteiger partial charge is 0.504 e. The van der Waals surface area contributed by atoms with Crippen LogP contribution in [0, 0.1) is 0 Å². The van der Waals surface area contributed by atoms with Crippen LogP contribution in [0.4, 0.5) is 0 Å². The predicted molar refractivity (Wildman–Crippen MR) is 60.6 cm³/mol. The molecule has 0 aliphatic rings. The molecule has 0 aliphatic carbocycles. The molecule has 0 fully saturated rings. The SMILES string of the molecule is CC(=O)OCCc1ccc(O)c(OS(=O)(=O)O)c1. The van der Waals surface area contributed by atoms with E-state index in [1.807, 2.05) is 0 Å². The van der Waals surface area contributed by atoms with Crippen LogP contribution in [0.3, 0.4) is 0 Å². The molecule has 0 saturated heterocycles. The van der Waals surface area contributed by atoms with Crippen molar-refractivity contribution in [2.24, 2.45) is 0 Å². The molecule has 0 aromatic heterocycles. The molecule has 1 aromatic rings. The summed E-state index contributed by atoms with van der Waals surface area (Å²) < 4.78 is 38.4. The van der Waals surface area contributed by atoms with Crippen LogP contribution in [0.5, 0.6) is 11.5 Å². The van der Waals surface area contributed by atoms with Gasteiger partial charge >= 0.3 is 16.4 Å². The van der Waals surface area contributed by atoms with Gasteiger partial charge in [0.2, 0.25) is 0 Å². The third kappa shape index (κ3) is 5.02. The van der Waals surface area contributed by atoms with Crippen molar-refractivity contribution >= 4 is 16.4 Å². The van der Waals surface area contributed by atoms with Crippen molar-refractivity contribution < 1.29 is 31.8 Å². The average Bonchev–Trinajstić information content (AvgIpc) is 2.20. The van der Waals surface area contributed by atoms with Crippen molar-refractivity contribution in [2.45, 2.75) is 13.3 Å². The summed E-state index contributed by atoms with van der Waals surface area (Å²) in [4.78, 5) is 10.5. The molecular formula is C10H12O7S. The first kappa shape index (κ1) is 14.3. The molecule has 0 unspecified atom stereocenters. The number of esters is 1. The highest BCUT2D eigenvalue weighted by Gasteiger charge is 2.12. The Morgan fingerprint density at radius 1 is 1.39 bits per heavy atom. The Bertz CT molecular complexity index is 535. The van der Waals surface area contributed by atoms with E-state index in [1.54, 1.807) is 0 Å². The Hall–Kier alpha value is -1.80. The summed E-state index contributed by atoms with van der Waals surface area (Å²) in [5, 5.41) is 9.33. The van der Waals surface area contributed by atoms with Crippen LogP contribution < -0.4 is 4.18 Å². The molecule has 1 aromatic carbocycles. The zero-order chi connectivity index (χ0) is 13.8. The number of aromatic hydroxyl groups is 1. The van der Waals surface area contributed by atoms with Crippen molar-refractivity contribution in [3.05, 3.63) is 23.8 Å². The third-order valence-electron chi connectivity index (χ3n) is 1.92. The molecule has 100 valence electrons. The molecule has 0 heterocycles. The van der Waals surface area contributed by atoms with Crippen molar-refractivity contribution in [3.63, 3.8) is 0 Å². The van der Waals surface area contributed by atoms with E-state index in [9.17, 15) is 18.3 Å². The van der Waals surface area contributed by atoms with Gasteiger partial charge in [0.05, 0.1) is 6.61 Å². The fourth-order valence-electron chi connectivity index (χ4n) is 1.21. The van der Waals surface area contributed by atoms with Crippen molar-refractivity contribution in [1.29, 1.82) is 0 Å². The summed E-state index contributed by atoms with van der Waals surface area (Å²) in [6.07, 6.45) is 0.321. The summed E-state index contributed by atoms with van der Waals surface area (Å²) in [5.41, 5.74) is 0.577. The zero-order valence-electron chi connectivity index (χ0n) is 9.49. The summed E-state index contributed by atoms with van der Waals surface area (Å²) >= 11 is 0. The molecule has 7 nitrogen and oxygen atoms in total. The number of ether oxygens (including phenoxy) is 1. The average molecular weight is 276 g/mol. The molecule has 18 heavy (non-hydrogen) atoms. The molecular weight excluding hydrogens is 264 g/mol. The van der Waals surface area contributed by atoms with Crippen LogP contribution in [0.2, 0.25) is 0 Å². The minimum atomic E-state index is -4.70. The van der Waals surface area contributed by atoms with Gasteiger partial charge in [-0.05, 0) is 17.7 Å². The van der Waals surface area contributed by atoms with Gasteiger partial charge in [0.25, 0.3) is 0 Å². The fourth-order valence-corrected chi connectivity index (χ4v) is 1.57. The molecule has 8 heteroatoms. The smallest absolute Gasteiger partial charge is 0.446 e. The highest BCUT2D eigenvalue weighted by atomic mass is 32.3. The minimum absolute atomic E-state index is 0.116. The van der Waals surface area contributed by atoms with Crippen LogP contribution in [0.25, 0.3) is 0 Å². The normalized spacial score (nSPS) is 11.0. The molecule has 0 radical (unpaired) electrons. The second kappa shape index (κ2) is 5.69. The van der Waals surface area contributed by atoms with Gasteiger partial charge in [-0.2, -0.15) is 8.42 Å². The number of carbonyl (C=O) groups is 1. The predicted octanol–water partition coefficient (Wildman–Crippen LogP) is 0.679. The van der Waals surface area contributed by atoms with Crippen LogP contribution in [-0.2, 0) is 26.4 Å². The molecule has 2 N–H and O–H groups in total. The summed E-state index contributed by atoms with van der Waals surface area (Å²) in [6.45, 7) is 1.38. The highest BCUT2D eigenvalue weighted by molar-refractivity contribution is 7.81. The van der Waals surface area contributed by atoms with Gasteiger partial charge in [0, 0.05) is 13.3 Å². The van der Waals surface area contributed by atoms with E-state index < -0.39 is 27.9 Å². The van der Waals surface area contributed by atoms with Crippen LogP contribution in [0.1, 0.15) is 12.5 Å². The number of hydrogen-bond donors (Lipinski definition) is 2. The molecule has 0 bridgehead atoms. The van der Waals surface area contributed by atoms with Crippen LogP contribution >= 0.6 is 0 Å². The number of hydrogen-bond acceptors (Lipinski definition) is 6. The Morgan fingerprint density at radius 2 is 2.06 bits per heavy atom. The van der Waals surface area contributed by atoms with Gasteiger partial charge in [-0.25, -0.2) is 0 Å². The van der Waals surface area contributed by atoms with E-state index in [-0.39, 0.29) is 6.61 Å². The maximum Gasteiger partial charge on any atom is 0.446 e. The molecule has 0 atom stereocenters. The van der Waals surface area contributed by atoms with E-state index in [4.69, 9.17) is 9.29 Å². The lowest BCUT2D eigenvalue weighted by molar-refractivity contribution is -0.140. The van der Waals surface area contributed by atoms with E-state index in [0.29, 0.717) is 12.0 Å². The Kier molecular flexibility index (Phi) is 4.51. The van der Waals surface area contributed by atoms with E-state index in [0.717, 1.165) is 0 Å².